The first-order chi connectivity index (χ1) is 8.56. The Morgan fingerprint density at radius 1 is 1.44 bits per heavy atom. The second-order valence-corrected chi connectivity index (χ2v) is 4.57. The number of hydrogen-bond donors (Lipinski definition) is 2. The van der Waals surface area contributed by atoms with E-state index in [2.05, 4.69) is 11.0 Å². The molecule has 18 heavy (non-hydrogen) atoms. The lowest BCUT2D eigenvalue weighted by Crippen LogP contribution is -2.32. The van der Waals surface area contributed by atoms with Crippen molar-refractivity contribution in [2.45, 2.75) is 20.0 Å². The minimum absolute atomic E-state index is 0.0296. The normalized spacial score (nSPS) is 14.2. The summed E-state index contributed by atoms with van der Waals surface area (Å²) < 4.78 is 0. The summed E-state index contributed by atoms with van der Waals surface area (Å²) >= 11 is 0. The maximum absolute atomic E-state index is 10.2. The van der Waals surface area contributed by atoms with Gasteiger partial charge in [-0.25, -0.2) is 0 Å². The van der Waals surface area contributed by atoms with E-state index in [0.717, 1.165) is 12.1 Å². The summed E-state index contributed by atoms with van der Waals surface area (Å²) in [5.41, 5.74) is 7.16. The van der Waals surface area contributed by atoms with Crippen molar-refractivity contribution in [1.29, 1.82) is 5.26 Å². The van der Waals surface area contributed by atoms with E-state index in [-0.39, 0.29) is 5.92 Å². The highest BCUT2D eigenvalue weighted by molar-refractivity contribution is 5.41. The monoisotopic (exact) mass is 247 g/mol. The summed E-state index contributed by atoms with van der Waals surface area (Å²) in [5, 5.41) is 19.0. The highest BCUT2D eigenvalue weighted by Crippen LogP contribution is 2.17. The van der Waals surface area contributed by atoms with Gasteiger partial charge in [-0.2, -0.15) is 5.26 Å². The summed E-state index contributed by atoms with van der Waals surface area (Å²) in [6.45, 7) is 5.91. The van der Waals surface area contributed by atoms with Gasteiger partial charge in [0.1, 0.15) is 0 Å². The van der Waals surface area contributed by atoms with Gasteiger partial charge in [0, 0.05) is 18.8 Å². The van der Waals surface area contributed by atoms with Crippen LogP contribution in [0.2, 0.25) is 0 Å². The lowest BCUT2D eigenvalue weighted by atomic mass is 10.1. The molecule has 0 heterocycles. The highest BCUT2D eigenvalue weighted by atomic mass is 16.3. The molecule has 2 atom stereocenters. The van der Waals surface area contributed by atoms with Crippen molar-refractivity contribution in [2.24, 2.45) is 5.92 Å². The molecule has 0 saturated heterocycles. The second kappa shape index (κ2) is 7.00. The van der Waals surface area contributed by atoms with E-state index >= 15 is 0 Å². The average molecular weight is 247 g/mol. The molecule has 3 N–H and O–H groups in total. The summed E-state index contributed by atoms with van der Waals surface area (Å²) in [4.78, 5) is 2.07. The first kappa shape index (κ1) is 14.5. The van der Waals surface area contributed by atoms with Crippen LogP contribution in [0.3, 0.4) is 0 Å². The van der Waals surface area contributed by atoms with Gasteiger partial charge in [-0.1, -0.05) is 19.1 Å². The number of benzene rings is 1. The van der Waals surface area contributed by atoms with Gasteiger partial charge in [-0.3, -0.25) is 4.90 Å². The SMILES string of the molecule is CCN(CC(C)C#N)CC(O)c1cccc(N)c1. The van der Waals surface area contributed by atoms with Crippen LogP contribution in [-0.2, 0) is 0 Å². The number of anilines is 1. The molecule has 0 aliphatic rings. The minimum atomic E-state index is -0.570. The van der Waals surface area contributed by atoms with Crippen molar-refractivity contribution < 1.29 is 5.11 Å². The molecule has 0 amide bonds. The molecule has 0 aliphatic heterocycles. The molecular weight excluding hydrogens is 226 g/mol. The molecule has 0 aromatic heterocycles. The Labute approximate surface area is 109 Å². The van der Waals surface area contributed by atoms with Crippen LogP contribution in [0.5, 0.6) is 0 Å². The van der Waals surface area contributed by atoms with Gasteiger partial charge >= 0.3 is 0 Å². The molecule has 4 nitrogen and oxygen atoms in total. The van der Waals surface area contributed by atoms with Crippen molar-refractivity contribution in [3.05, 3.63) is 29.8 Å². The number of nitriles is 1. The Kier molecular flexibility index (Phi) is 5.63. The van der Waals surface area contributed by atoms with E-state index in [1.54, 1.807) is 12.1 Å². The van der Waals surface area contributed by atoms with E-state index in [0.29, 0.717) is 18.8 Å². The molecule has 1 rings (SSSR count). The van der Waals surface area contributed by atoms with Crippen LogP contribution in [0, 0.1) is 17.2 Å². The third-order valence-electron chi connectivity index (χ3n) is 2.93. The van der Waals surface area contributed by atoms with Crippen molar-refractivity contribution in [3.8, 4) is 6.07 Å². The van der Waals surface area contributed by atoms with E-state index in [1.165, 1.54) is 0 Å². The number of nitrogens with zero attached hydrogens (tertiary/aromatic N) is 2. The maximum Gasteiger partial charge on any atom is 0.0917 e. The number of hydrogen-bond acceptors (Lipinski definition) is 4. The number of aliphatic hydroxyl groups excluding tert-OH is 1. The smallest absolute Gasteiger partial charge is 0.0917 e. The number of nitrogen functional groups attached to an aromatic ring is 1. The third kappa shape index (κ3) is 4.36. The Balaban J connectivity index is 2.62. The zero-order chi connectivity index (χ0) is 13.5. The molecule has 0 fully saturated rings. The second-order valence-electron chi connectivity index (χ2n) is 4.57. The molecule has 2 unspecified atom stereocenters. The molecule has 0 saturated carbocycles. The molecule has 0 radical (unpaired) electrons. The van der Waals surface area contributed by atoms with E-state index in [9.17, 15) is 5.11 Å². The number of aliphatic hydroxyl groups is 1. The van der Waals surface area contributed by atoms with Crippen LogP contribution in [-0.4, -0.2) is 29.6 Å². The van der Waals surface area contributed by atoms with Gasteiger partial charge in [0.2, 0.25) is 0 Å². The van der Waals surface area contributed by atoms with E-state index in [1.807, 2.05) is 26.0 Å². The van der Waals surface area contributed by atoms with Crippen LogP contribution in [0.15, 0.2) is 24.3 Å². The molecule has 4 heteroatoms. The predicted molar refractivity (Wildman–Crippen MR) is 72.7 cm³/mol. The zero-order valence-corrected chi connectivity index (χ0v) is 11.0. The summed E-state index contributed by atoms with van der Waals surface area (Å²) in [6, 6.07) is 9.49. The van der Waals surface area contributed by atoms with Crippen molar-refractivity contribution in [3.63, 3.8) is 0 Å². The fourth-order valence-electron chi connectivity index (χ4n) is 1.88. The lowest BCUT2D eigenvalue weighted by Gasteiger charge is -2.24. The van der Waals surface area contributed by atoms with Gasteiger partial charge in [-0.15, -0.1) is 0 Å². The van der Waals surface area contributed by atoms with Crippen molar-refractivity contribution >= 4 is 5.69 Å². The minimum Gasteiger partial charge on any atom is -0.399 e. The van der Waals surface area contributed by atoms with Gasteiger partial charge in [0.15, 0.2) is 0 Å². The highest BCUT2D eigenvalue weighted by Gasteiger charge is 2.14. The van der Waals surface area contributed by atoms with Crippen LogP contribution in [0.25, 0.3) is 0 Å². The Morgan fingerprint density at radius 2 is 2.17 bits per heavy atom. The molecule has 98 valence electrons. The van der Waals surface area contributed by atoms with Crippen LogP contribution >= 0.6 is 0 Å². The molecule has 0 spiro atoms. The maximum atomic E-state index is 10.2. The Bertz CT molecular complexity index is 414. The lowest BCUT2D eigenvalue weighted by molar-refractivity contribution is 0.112. The quantitative estimate of drug-likeness (QED) is 0.752. The van der Waals surface area contributed by atoms with Crippen molar-refractivity contribution in [2.75, 3.05) is 25.4 Å². The largest absolute Gasteiger partial charge is 0.399 e. The molecule has 1 aromatic rings. The van der Waals surface area contributed by atoms with Crippen molar-refractivity contribution in [1.82, 2.24) is 4.90 Å². The van der Waals surface area contributed by atoms with E-state index in [4.69, 9.17) is 11.0 Å². The fourth-order valence-corrected chi connectivity index (χ4v) is 1.88. The van der Waals surface area contributed by atoms with Gasteiger partial charge in [0.25, 0.3) is 0 Å². The molecular formula is C14H21N3O. The standard InChI is InChI=1S/C14H21N3O/c1-3-17(9-11(2)8-15)10-14(18)12-5-4-6-13(16)7-12/h4-7,11,14,18H,3,9-10,16H2,1-2H3. The first-order valence-corrected chi connectivity index (χ1v) is 6.22. The third-order valence-corrected chi connectivity index (χ3v) is 2.93. The summed E-state index contributed by atoms with van der Waals surface area (Å²) in [6.07, 6.45) is -0.570. The first-order valence-electron chi connectivity index (χ1n) is 6.22. The molecule has 1 aromatic carbocycles. The van der Waals surface area contributed by atoms with E-state index < -0.39 is 6.10 Å². The number of rotatable bonds is 6. The summed E-state index contributed by atoms with van der Waals surface area (Å²) in [7, 11) is 0. The number of nitrogens with two attached hydrogens (primary N) is 1. The topological polar surface area (TPSA) is 73.3 Å². The Morgan fingerprint density at radius 3 is 2.72 bits per heavy atom. The predicted octanol–water partition coefficient (Wildman–Crippen LogP) is 1.78. The molecule has 0 aliphatic carbocycles. The fraction of sp³-hybridized carbons (Fsp3) is 0.500. The van der Waals surface area contributed by atoms with Gasteiger partial charge in [-0.05, 0) is 31.2 Å². The van der Waals surface area contributed by atoms with Crippen LogP contribution in [0.1, 0.15) is 25.5 Å². The van der Waals surface area contributed by atoms with Gasteiger partial charge in [0.05, 0.1) is 18.1 Å². The average Bonchev–Trinajstić information content (AvgIpc) is 2.37. The van der Waals surface area contributed by atoms with Crippen LogP contribution in [0.4, 0.5) is 5.69 Å². The van der Waals surface area contributed by atoms with Crippen LogP contribution < -0.4 is 5.73 Å². The number of likely N-dealkylation sites (N-methyl/N-ethyl adjacent to an activating group) is 1. The molecule has 0 bridgehead atoms. The Hall–Kier alpha value is -1.57. The van der Waals surface area contributed by atoms with Gasteiger partial charge < -0.3 is 10.8 Å². The zero-order valence-electron chi connectivity index (χ0n) is 11.0. The summed E-state index contributed by atoms with van der Waals surface area (Å²) in [5.74, 6) is -0.0296.